The molecule has 2 aliphatic rings. The van der Waals surface area contributed by atoms with E-state index in [1.807, 2.05) is 0 Å². The van der Waals surface area contributed by atoms with Gasteiger partial charge in [0, 0.05) is 6.54 Å². The van der Waals surface area contributed by atoms with Crippen LogP contribution < -0.4 is 15.5 Å². The molecule has 0 aromatic heterocycles. The summed E-state index contributed by atoms with van der Waals surface area (Å²) in [6.07, 6.45) is 0. The highest BCUT2D eigenvalue weighted by molar-refractivity contribution is 7.55. The fourth-order valence-electron chi connectivity index (χ4n) is 1.03. The Bertz CT molecular complexity index is 240. The van der Waals surface area contributed by atoms with E-state index in [0.29, 0.717) is 18.6 Å². The molecule has 0 spiro atoms. The summed E-state index contributed by atoms with van der Waals surface area (Å²) in [5, 5.41) is 5.55. The number of amides is 1. The molecule has 2 aliphatic heterocycles. The topological polar surface area (TPSA) is 76.7 Å². The molecular weight excluding hydrogens is 167 g/mol. The van der Waals surface area contributed by atoms with E-state index in [0.717, 1.165) is 0 Å². The summed E-state index contributed by atoms with van der Waals surface area (Å²) >= 11 is 0. The molecule has 5 nitrogen and oxygen atoms in total. The number of carbonyl (C=O) groups is 1. The first-order chi connectivity index (χ1) is 5.27. The largest absolute Gasteiger partial charge is 0.600 e. The Morgan fingerprint density at radius 3 is 3.00 bits per heavy atom. The van der Waals surface area contributed by atoms with Crippen LogP contribution in [-0.4, -0.2) is 30.5 Å². The van der Waals surface area contributed by atoms with Crippen LogP contribution in [0, 0.1) is 0 Å². The smallest absolute Gasteiger partial charge is 0.326 e. The van der Waals surface area contributed by atoms with Crippen LogP contribution in [0.1, 0.15) is 0 Å². The minimum absolute atomic E-state index is 0.0762. The van der Waals surface area contributed by atoms with E-state index in [1.54, 1.807) is 0 Å². The van der Waals surface area contributed by atoms with Crippen molar-refractivity contribution in [3.63, 3.8) is 0 Å². The van der Waals surface area contributed by atoms with Crippen molar-refractivity contribution < 1.29 is 14.2 Å². The average Bonchev–Trinajstić information content (AvgIpc) is 2.67. The second-order valence-corrected chi connectivity index (χ2v) is 3.58. The van der Waals surface area contributed by atoms with E-state index in [9.17, 15) is 9.69 Å². The van der Waals surface area contributed by atoms with Crippen LogP contribution in [0.4, 0.5) is 0 Å². The molecule has 0 aromatic rings. The lowest BCUT2D eigenvalue weighted by Crippen LogP contribution is -2.54. The highest BCUT2D eigenvalue weighted by Crippen LogP contribution is 2.35. The predicted molar refractivity (Wildman–Crippen MR) is 37.8 cm³/mol. The fraction of sp³-hybridized carbons (Fsp3) is 0.600. The molecule has 2 atom stereocenters. The maximum Gasteiger partial charge on any atom is 0.326 e. The van der Waals surface area contributed by atoms with Crippen LogP contribution in [0.5, 0.6) is 0 Å². The second kappa shape index (κ2) is 2.53. The molecule has 2 heterocycles. The molecule has 0 bridgehead atoms. The Morgan fingerprint density at radius 2 is 2.45 bits per heavy atom. The summed E-state index contributed by atoms with van der Waals surface area (Å²) < 4.78 is 4.68. The van der Waals surface area contributed by atoms with Gasteiger partial charge in [-0.25, -0.2) is 0 Å². The Morgan fingerprint density at radius 1 is 1.73 bits per heavy atom. The zero-order valence-electron chi connectivity index (χ0n) is 5.66. The molecule has 11 heavy (non-hydrogen) atoms. The molecule has 1 amide bonds. The molecule has 2 rings (SSSR count). The average molecular weight is 174 g/mol. The van der Waals surface area contributed by atoms with E-state index in [1.165, 1.54) is 0 Å². The van der Waals surface area contributed by atoms with Gasteiger partial charge in [0.1, 0.15) is 6.04 Å². The zero-order valence-corrected chi connectivity index (χ0v) is 6.56. The van der Waals surface area contributed by atoms with Crippen LogP contribution in [0.2, 0.25) is 0 Å². The van der Waals surface area contributed by atoms with Gasteiger partial charge in [-0.15, -0.1) is 0 Å². The number of nitrogens with one attached hydrogen (secondary N) is 2. The maximum absolute atomic E-state index is 10.8. The molecule has 2 unspecified atom stereocenters. The molecule has 0 aliphatic carbocycles. The molecule has 6 heteroatoms. The van der Waals surface area contributed by atoms with Gasteiger partial charge < -0.3 is 15.5 Å². The second-order valence-electron chi connectivity index (χ2n) is 2.44. The molecule has 2 N–H and O–H groups in total. The van der Waals surface area contributed by atoms with Crippen molar-refractivity contribution in [3.05, 3.63) is 0 Å². The van der Waals surface area contributed by atoms with E-state index < -0.39 is 8.00 Å². The van der Waals surface area contributed by atoms with E-state index in [-0.39, 0.29) is 11.9 Å². The van der Waals surface area contributed by atoms with Crippen molar-refractivity contribution in [1.82, 2.24) is 10.6 Å². The van der Waals surface area contributed by atoms with E-state index in [4.69, 9.17) is 0 Å². The molecule has 0 saturated carbocycles. The standard InChI is InChI=1S/C5H7N2O3P/c8-4-2-6-1-3(7-4)5-10-11(5)9/h3,6H,1-2H2,(H,7,8). The lowest BCUT2D eigenvalue weighted by Gasteiger charge is -2.17. The van der Waals surface area contributed by atoms with Gasteiger partial charge in [-0.05, 0) is 0 Å². The quantitative estimate of drug-likeness (QED) is 0.447. The summed E-state index contributed by atoms with van der Waals surface area (Å²) in [7, 11) is -1.56. The van der Waals surface area contributed by atoms with Gasteiger partial charge in [-0.1, -0.05) is 4.52 Å². The van der Waals surface area contributed by atoms with Crippen LogP contribution in [-0.2, 0) is 9.32 Å². The Balaban J connectivity index is 1.99. The summed E-state index contributed by atoms with van der Waals surface area (Å²) in [5.41, 5.74) is 0.514. The van der Waals surface area contributed by atoms with E-state index in [2.05, 4.69) is 15.2 Å². The summed E-state index contributed by atoms with van der Waals surface area (Å²) in [4.78, 5) is 21.4. The molecule has 60 valence electrons. The van der Waals surface area contributed by atoms with Crippen LogP contribution in [0.15, 0.2) is 0 Å². The van der Waals surface area contributed by atoms with Crippen molar-refractivity contribution in [2.45, 2.75) is 6.04 Å². The van der Waals surface area contributed by atoms with Crippen molar-refractivity contribution in [2.24, 2.45) is 0 Å². The normalized spacial score (nSPS) is 33.5. The number of hydrogen-bond donors (Lipinski definition) is 2. The Hall–Kier alpha value is -0.480. The lowest BCUT2D eigenvalue weighted by molar-refractivity contribution is -0.159. The Labute approximate surface area is 64.3 Å². The highest BCUT2D eigenvalue weighted by Gasteiger charge is 2.42. The van der Waals surface area contributed by atoms with Crippen LogP contribution >= 0.6 is 8.00 Å². The zero-order chi connectivity index (χ0) is 7.84. The third-order valence-electron chi connectivity index (χ3n) is 1.59. The number of hydrogen-bond acceptors (Lipinski definition) is 4. The van der Waals surface area contributed by atoms with Gasteiger partial charge in [0.05, 0.1) is 6.54 Å². The van der Waals surface area contributed by atoms with Crippen LogP contribution in [0.25, 0.3) is 0 Å². The fourth-order valence-corrected chi connectivity index (χ4v) is 1.80. The molecule has 0 aromatic carbocycles. The first-order valence-corrected chi connectivity index (χ1v) is 4.47. The van der Waals surface area contributed by atoms with E-state index >= 15 is 0 Å². The number of carbonyl (C=O) groups excluding carboxylic acids is 1. The first kappa shape index (κ1) is 7.18. The maximum atomic E-state index is 10.8. The third-order valence-corrected chi connectivity index (χ3v) is 2.55. The molecular formula is C5H7N2O3P. The molecule has 1 saturated heterocycles. The van der Waals surface area contributed by atoms with Gasteiger partial charge in [0.2, 0.25) is 5.91 Å². The minimum Gasteiger partial charge on any atom is -0.600 e. The number of piperazine rings is 1. The van der Waals surface area contributed by atoms with Crippen molar-refractivity contribution in [3.8, 4) is 0 Å². The van der Waals surface area contributed by atoms with Gasteiger partial charge >= 0.3 is 5.48 Å². The first-order valence-electron chi connectivity index (χ1n) is 3.29. The SMILES string of the molecule is O=C1CNCC(C2=[P+]([O-])O2)N1. The monoisotopic (exact) mass is 174 g/mol. The predicted octanol–water partition coefficient (Wildman–Crippen LogP) is -2.09. The van der Waals surface area contributed by atoms with Crippen LogP contribution in [0.3, 0.4) is 0 Å². The van der Waals surface area contributed by atoms with Crippen molar-refractivity contribution in [1.29, 1.82) is 0 Å². The highest BCUT2D eigenvalue weighted by atomic mass is 31.1. The number of rotatable bonds is 1. The van der Waals surface area contributed by atoms with Gasteiger partial charge in [-0.3, -0.25) is 4.79 Å². The minimum atomic E-state index is -1.56. The lowest BCUT2D eigenvalue weighted by atomic mass is 10.2. The van der Waals surface area contributed by atoms with Crippen molar-refractivity contribution in [2.75, 3.05) is 13.1 Å². The third kappa shape index (κ3) is 1.41. The molecule has 1 fully saturated rings. The van der Waals surface area contributed by atoms with Gasteiger partial charge in [0.25, 0.3) is 8.00 Å². The Kier molecular flexibility index (Phi) is 1.65. The van der Waals surface area contributed by atoms with Gasteiger partial charge in [-0.2, -0.15) is 0 Å². The summed E-state index contributed by atoms with van der Waals surface area (Å²) in [5.74, 6) is -0.0762. The van der Waals surface area contributed by atoms with Gasteiger partial charge in [0.15, 0.2) is 0 Å². The summed E-state index contributed by atoms with van der Waals surface area (Å²) in [6.45, 7) is 0.947. The molecule has 0 radical (unpaired) electrons. The van der Waals surface area contributed by atoms with Crippen molar-refractivity contribution >= 4 is 19.4 Å². The summed E-state index contributed by atoms with van der Waals surface area (Å²) in [6, 6.07) is -0.181.